The summed E-state index contributed by atoms with van der Waals surface area (Å²) in [5.74, 6) is 0. The van der Waals surface area contributed by atoms with Crippen LogP contribution in [0.1, 0.15) is 41.5 Å². The van der Waals surface area contributed by atoms with E-state index < -0.39 is 8.80 Å². The van der Waals surface area contributed by atoms with E-state index in [0.717, 1.165) is 16.6 Å². The van der Waals surface area contributed by atoms with Gasteiger partial charge in [0, 0.05) is 8.80 Å². The summed E-state index contributed by atoms with van der Waals surface area (Å²) in [6.07, 6.45) is 0. The van der Waals surface area contributed by atoms with E-state index in [1.54, 1.807) is 0 Å². The van der Waals surface area contributed by atoms with Crippen LogP contribution in [-0.4, -0.2) is 38.4 Å². The second-order valence-electron chi connectivity index (χ2n) is 4.31. The maximum absolute atomic E-state index is 2.39. The fourth-order valence-corrected chi connectivity index (χ4v) is 6.93. The molecule has 0 saturated heterocycles. The van der Waals surface area contributed by atoms with E-state index in [1.165, 1.54) is 0 Å². The van der Waals surface area contributed by atoms with Crippen molar-refractivity contribution in [2.45, 2.75) is 58.2 Å². The van der Waals surface area contributed by atoms with Gasteiger partial charge in [-0.2, -0.15) is 0 Å². The van der Waals surface area contributed by atoms with Crippen LogP contribution in [0.2, 0.25) is 16.6 Å². The summed E-state index contributed by atoms with van der Waals surface area (Å²) in [5, 5.41) is 0. The Morgan fingerprint density at radius 2 is 0.818 bits per heavy atom. The van der Waals surface area contributed by atoms with Gasteiger partial charge in [0.05, 0.1) is 0 Å². The van der Waals surface area contributed by atoms with Gasteiger partial charge in [-0.15, -0.1) is 0 Å². The van der Waals surface area contributed by atoms with Crippen molar-refractivity contribution in [3.8, 4) is 0 Å². The second kappa shape index (κ2) is 6.70. The summed E-state index contributed by atoms with van der Waals surface area (Å²) in [6, 6.07) is 0. The Hall–Kier alpha value is 1.22. The normalized spacial score (nSPS) is 11.5. The molecule has 64 valence electrons. The van der Waals surface area contributed by atoms with Crippen LogP contribution in [0.4, 0.5) is 0 Å². The molecule has 0 aromatic carbocycles. The first-order valence-electron chi connectivity index (χ1n) is 4.46. The number of hydrogen-bond acceptors (Lipinski definition) is 0. The van der Waals surface area contributed by atoms with Crippen LogP contribution in [0.25, 0.3) is 0 Å². The van der Waals surface area contributed by atoms with Crippen LogP contribution in [0, 0.1) is 0 Å². The van der Waals surface area contributed by atoms with Gasteiger partial charge in [0.2, 0.25) is 0 Å². The third-order valence-corrected chi connectivity index (χ3v) is 6.93. The van der Waals surface area contributed by atoms with Crippen molar-refractivity contribution >= 4 is 38.4 Å². The molecule has 0 nitrogen and oxygen atoms in total. The molecule has 0 heterocycles. The monoisotopic (exact) mass is 182 g/mol. The van der Waals surface area contributed by atoms with Gasteiger partial charge < -0.3 is 0 Å². The Bertz CT molecular complexity index is 70.5. The summed E-state index contributed by atoms with van der Waals surface area (Å²) < 4.78 is 0. The molecule has 2 heteroatoms. The summed E-state index contributed by atoms with van der Waals surface area (Å²) in [4.78, 5) is 0. The summed E-state index contributed by atoms with van der Waals surface area (Å²) in [6.45, 7) is 14.3. The molecule has 0 unspecified atom stereocenters. The van der Waals surface area contributed by atoms with Crippen molar-refractivity contribution in [1.29, 1.82) is 0 Å². The molecule has 0 fully saturated rings. The Kier molecular flexibility index (Phi) is 8.97. The molecule has 0 aliphatic heterocycles. The molecule has 0 bridgehead atoms. The van der Waals surface area contributed by atoms with Crippen LogP contribution in [0.15, 0.2) is 0 Å². The third-order valence-electron chi connectivity index (χ3n) is 2.31. The molecule has 0 N–H and O–H groups in total. The Morgan fingerprint density at radius 1 is 0.636 bits per heavy atom. The molecule has 0 radical (unpaired) electrons. The topological polar surface area (TPSA) is 0 Å². The molecule has 0 aliphatic carbocycles. The summed E-state index contributed by atoms with van der Waals surface area (Å²) in [7, 11) is -0.454. The van der Waals surface area contributed by atoms with Gasteiger partial charge in [0.1, 0.15) is 0 Å². The van der Waals surface area contributed by atoms with Gasteiger partial charge in [-0.3, -0.25) is 0 Å². The molecule has 0 rings (SSSR count). The van der Waals surface area contributed by atoms with E-state index >= 15 is 0 Å². The van der Waals surface area contributed by atoms with Crippen molar-refractivity contribution in [1.82, 2.24) is 0 Å². The van der Waals surface area contributed by atoms with Crippen molar-refractivity contribution in [2.24, 2.45) is 0 Å². The second-order valence-corrected chi connectivity index (χ2v) is 9.46. The Morgan fingerprint density at radius 3 is 0.818 bits per heavy atom. The standard InChI is InChI=1S/C9H22Si.Na.H/c1-7(2)10(8(3)4)9(5)6;;/h7-10H,1-6H3;;. The molecule has 0 atom stereocenters. The minimum absolute atomic E-state index is 0. The van der Waals surface area contributed by atoms with E-state index in [-0.39, 0.29) is 29.6 Å². The molecule has 0 aromatic heterocycles. The van der Waals surface area contributed by atoms with Crippen LogP contribution in [0.3, 0.4) is 0 Å². The van der Waals surface area contributed by atoms with Crippen LogP contribution >= 0.6 is 0 Å². The van der Waals surface area contributed by atoms with Crippen molar-refractivity contribution < 1.29 is 0 Å². The number of rotatable bonds is 3. The first-order chi connectivity index (χ1) is 4.46. The minimum atomic E-state index is -0.454. The van der Waals surface area contributed by atoms with Crippen LogP contribution in [-0.2, 0) is 0 Å². The van der Waals surface area contributed by atoms with Gasteiger partial charge >= 0.3 is 29.6 Å². The van der Waals surface area contributed by atoms with E-state index in [0.29, 0.717) is 0 Å². The fraction of sp³-hybridized carbons (Fsp3) is 1.00. The van der Waals surface area contributed by atoms with Crippen molar-refractivity contribution in [3.63, 3.8) is 0 Å². The number of hydrogen-bond donors (Lipinski definition) is 0. The summed E-state index contributed by atoms with van der Waals surface area (Å²) in [5.41, 5.74) is 2.92. The summed E-state index contributed by atoms with van der Waals surface area (Å²) >= 11 is 0. The zero-order valence-corrected chi connectivity index (χ0v) is 9.46. The molecular formula is C9H23NaSi. The molecule has 0 spiro atoms. The zero-order chi connectivity index (χ0) is 8.31. The molecular weight excluding hydrogens is 159 g/mol. The average molecular weight is 182 g/mol. The molecule has 0 aliphatic rings. The first-order valence-corrected chi connectivity index (χ1v) is 6.46. The first kappa shape index (κ1) is 14.7. The van der Waals surface area contributed by atoms with Crippen molar-refractivity contribution in [2.75, 3.05) is 0 Å². The molecule has 11 heavy (non-hydrogen) atoms. The van der Waals surface area contributed by atoms with Gasteiger partial charge in [0.15, 0.2) is 0 Å². The predicted octanol–water partition coefficient (Wildman–Crippen LogP) is 2.80. The van der Waals surface area contributed by atoms with Crippen LogP contribution < -0.4 is 0 Å². The fourth-order valence-electron chi connectivity index (χ4n) is 2.31. The molecule has 0 amide bonds. The SMILES string of the molecule is CC(C)[SiH](C(C)C)C(C)C.[NaH]. The van der Waals surface area contributed by atoms with Crippen LogP contribution in [0.5, 0.6) is 0 Å². The third kappa shape index (κ3) is 5.45. The maximum atomic E-state index is 2.39. The zero-order valence-electron chi connectivity index (χ0n) is 8.31. The van der Waals surface area contributed by atoms with E-state index in [2.05, 4.69) is 41.5 Å². The van der Waals surface area contributed by atoms with Gasteiger partial charge in [-0.05, 0) is 0 Å². The average Bonchev–Trinajstić information content (AvgIpc) is 1.59. The van der Waals surface area contributed by atoms with E-state index in [9.17, 15) is 0 Å². The Labute approximate surface area is 96.0 Å². The van der Waals surface area contributed by atoms with Gasteiger partial charge in [-0.1, -0.05) is 58.2 Å². The van der Waals surface area contributed by atoms with E-state index in [1.807, 2.05) is 0 Å². The van der Waals surface area contributed by atoms with E-state index in [4.69, 9.17) is 0 Å². The Balaban J connectivity index is 0. The quantitative estimate of drug-likeness (QED) is 0.589. The van der Waals surface area contributed by atoms with Gasteiger partial charge in [0.25, 0.3) is 0 Å². The van der Waals surface area contributed by atoms with Crippen molar-refractivity contribution in [3.05, 3.63) is 0 Å². The molecule has 0 saturated carbocycles. The molecule has 0 aromatic rings. The predicted molar refractivity (Wildman–Crippen MR) is 59.6 cm³/mol. The van der Waals surface area contributed by atoms with Gasteiger partial charge in [-0.25, -0.2) is 0 Å².